The number of nitrogens with zero attached hydrogens (tertiary/aromatic N) is 4. The number of hydrogen-bond donors (Lipinski definition) is 2. The normalized spacial score (nSPS) is 12.5. The van der Waals surface area contributed by atoms with Gasteiger partial charge < -0.3 is 10.6 Å². The van der Waals surface area contributed by atoms with E-state index >= 15 is 0 Å². The fraction of sp³-hybridized carbons (Fsp3) is 0.269. The van der Waals surface area contributed by atoms with E-state index in [1.165, 1.54) is 0 Å². The van der Waals surface area contributed by atoms with Crippen LogP contribution in [0, 0.1) is 6.92 Å². The topological polar surface area (TPSA) is 92.7 Å². The number of carbonyl (C=O) groups is 1. The third kappa shape index (κ3) is 6.26. The third-order valence-electron chi connectivity index (χ3n) is 5.65. The fourth-order valence-corrected chi connectivity index (χ4v) is 3.81. The van der Waals surface area contributed by atoms with Gasteiger partial charge in [-0.2, -0.15) is 13.5 Å². The summed E-state index contributed by atoms with van der Waals surface area (Å²) in [6.07, 6.45) is 5.04. The van der Waals surface area contributed by atoms with Crippen LogP contribution in [0.2, 0.25) is 0 Å². The molecule has 0 aliphatic rings. The number of benzene rings is 1. The summed E-state index contributed by atoms with van der Waals surface area (Å²) >= 11 is 5.86. The average Bonchev–Trinajstić information content (AvgIpc) is 2.87. The number of amides is 1. The molecule has 3 heterocycles. The molecule has 7 nitrogen and oxygen atoms in total. The summed E-state index contributed by atoms with van der Waals surface area (Å²) < 4.78 is 0. The number of rotatable bonds is 8. The zero-order valence-electron chi connectivity index (χ0n) is 19.9. The van der Waals surface area contributed by atoms with E-state index in [0.717, 1.165) is 39.2 Å². The van der Waals surface area contributed by atoms with E-state index in [-0.39, 0.29) is 31.4 Å². The summed E-state index contributed by atoms with van der Waals surface area (Å²) in [6.45, 7) is 6.60. The standard InChI is InChI=1S/C26H27ClN6O.H2S/c1-16(13-30-24-11-23(31-15-32-24)19-8-7-17(2)29-14-19)20-5-4-6-21-22(9-10-28-25(20)21)26(34)33-18(3)12-27;/h4-11,14-16,18H,12-13H2,1-3H3,(H,33,34)(H,30,31,32);1H2/t16-,18?;/m1./s1. The Kier molecular flexibility index (Phi) is 9.01. The van der Waals surface area contributed by atoms with Crippen LogP contribution in [0.5, 0.6) is 0 Å². The molecule has 0 bridgehead atoms. The second kappa shape index (κ2) is 12.0. The molecule has 182 valence electrons. The lowest BCUT2D eigenvalue weighted by Crippen LogP contribution is -2.33. The fourth-order valence-electron chi connectivity index (χ4n) is 3.73. The molecule has 4 aromatic rings. The number of nitrogens with one attached hydrogen (secondary N) is 2. The summed E-state index contributed by atoms with van der Waals surface area (Å²) in [7, 11) is 0. The minimum absolute atomic E-state index is 0. The highest BCUT2D eigenvalue weighted by atomic mass is 35.5. The molecule has 35 heavy (non-hydrogen) atoms. The summed E-state index contributed by atoms with van der Waals surface area (Å²) in [6, 6.07) is 13.5. The van der Waals surface area contributed by atoms with Crippen molar-refractivity contribution in [2.75, 3.05) is 17.7 Å². The van der Waals surface area contributed by atoms with Crippen LogP contribution in [0.25, 0.3) is 22.2 Å². The number of alkyl halides is 1. The van der Waals surface area contributed by atoms with E-state index < -0.39 is 0 Å². The summed E-state index contributed by atoms with van der Waals surface area (Å²) in [5.41, 5.74) is 5.18. The van der Waals surface area contributed by atoms with E-state index in [0.29, 0.717) is 18.0 Å². The molecule has 0 aliphatic heterocycles. The molecule has 2 N–H and O–H groups in total. The molecular weight excluding hydrogens is 480 g/mol. The van der Waals surface area contributed by atoms with Crippen molar-refractivity contribution < 1.29 is 4.79 Å². The van der Waals surface area contributed by atoms with Crippen molar-refractivity contribution in [3.8, 4) is 11.3 Å². The average molecular weight is 509 g/mol. The van der Waals surface area contributed by atoms with Crippen LogP contribution < -0.4 is 10.6 Å². The first-order chi connectivity index (χ1) is 16.5. The Bertz CT molecular complexity index is 1300. The van der Waals surface area contributed by atoms with Gasteiger partial charge in [-0.15, -0.1) is 11.6 Å². The van der Waals surface area contributed by atoms with Crippen LogP contribution in [0.3, 0.4) is 0 Å². The maximum atomic E-state index is 12.8. The molecule has 2 atom stereocenters. The molecule has 0 spiro atoms. The number of aryl methyl sites for hydroxylation is 1. The van der Waals surface area contributed by atoms with Crippen LogP contribution >= 0.6 is 25.1 Å². The molecule has 1 unspecified atom stereocenters. The highest BCUT2D eigenvalue weighted by Crippen LogP contribution is 2.27. The van der Waals surface area contributed by atoms with Crippen LogP contribution in [0.1, 0.15) is 41.4 Å². The SMILES string of the molecule is Cc1ccc(-c2cc(NC[C@@H](C)c3cccc4c(C(=O)NC(C)CCl)ccnc34)ncn2)cn1.S. The summed E-state index contributed by atoms with van der Waals surface area (Å²) in [4.78, 5) is 30.4. The quantitative estimate of drug-likeness (QED) is 0.322. The molecule has 0 saturated heterocycles. The van der Waals surface area contributed by atoms with Gasteiger partial charge in [0.25, 0.3) is 5.91 Å². The van der Waals surface area contributed by atoms with E-state index in [9.17, 15) is 4.79 Å². The number of hydrogen-bond acceptors (Lipinski definition) is 6. The Morgan fingerprint density at radius 2 is 1.89 bits per heavy atom. The minimum atomic E-state index is -0.150. The van der Waals surface area contributed by atoms with Gasteiger partial charge in [-0.25, -0.2) is 9.97 Å². The Morgan fingerprint density at radius 1 is 1.06 bits per heavy atom. The van der Waals surface area contributed by atoms with Gasteiger partial charge in [0.2, 0.25) is 0 Å². The Labute approximate surface area is 217 Å². The first-order valence-electron chi connectivity index (χ1n) is 11.2. The number of halogens is 1. The van der Waals surface area contributed by atoms with E-state index in [1.807, 2.05) is 56.4 Å². The minimum Gasteiger partial charge on any atom is -0.369 e. The van der Waals surface area contributed by atoms with Crippen LogP contribution in [0.4, 0.5) is 5.82 Å². The summed E-state index contributed by atoms with van der Waals surface area (Å²) in [5, 5.41) is 7.15. The molecule has 0 radical (unpaired) electrons. The van der Waals surface area contributed by atoms with Crippen molar-refractivity contribution in [1.29, 1.82) is 0 Å². The van der Waals surface area contributed by atoms with Crippen LogP contribution in [0.15, 0.2) is 61.2 Å². The second-order valence-electron chi connectivity index (χ2n) is 8.39. The van der Waals surface area contributed by atoms with Gasteiger partial charge in [0, 0.05) is 59.5 Å². The largest absolute Gasteiger partial charge is 0.369 e. The van der Waals surface area contributed by atoms with Gasteiger partial charge in [0.1, 0.15) is 12.1 Å². The molecule has 0 saturated carbocycles. The van der Waals surface area contributed by atoms with Crippen molar-refractivity contribution in [2.45, 2.75) is 32.7 Å². The van der Waals surface area contributed by atoms with Crippen molar-refractivity contribution in [3.05, 3.63) is 78.0 Å². The van der Waals surface area contributed by atoms with Gasteiger partial charge in [-0.05, 0) is 37.6 Å². The number of para-hydroxylation sites is 1. The number of anilines is 1. The Balaban J connectivity index is 0.00000342. The lowest BCUT2D eigenvalue weighted by Gasteiger charge is -2.17. The highest BCUT2D eigenvalue weighted by molar-refractivity contribution is 7.59. The van der Waals surface area contributed by atoms with Crippen molar-refractivity contribution >= 4 is 47.7 Å². The smallest absolute Gasteiger partial charge is 0.252 e. The Hall–Kier alpha value is -3.23. The van der Waals surface area contributed by atoms with Crippen LogP contribution in [-0.2, 0) is 0 Å². The van der Waals surface area contributed by atoms with E-state index in [2.05, 4.69) is 37.5 Å². The van der Waals surface area contributed by atoms with Gasteiger partial charge in [-0.1, -0.05) is 25.1 Å². The zero-order valence-corrected chi connectivity index (χ0v) is 21.7. The van der Waals surface area contributed by atoms with Gasteiger partial charge in [0.05, 0.1) is 16.8 Å². The molecule has 1 amide bonds. The molecule has 3 aromatic heterocycles. The molecule has 0 fully saturated rings. The molecule has 4 rings (SSSR count). The number of aromatic nitrogens is 4. The van der Waals surface area contributed by atoms with Crippen molar-refractivity contribution in [2.24, 2.45) is 0 Å². The molecular formula is C26H29ClN6OS. The molecule has 0 aliphatic carbocycles. The van der Waals surface area contributed by atoms with E-state index in [1.54, 1.807) is 18.6 Å². The first kappa shape index (κ1) is 26.4. The summed E-state index contributed by atoms with van der Waals surface area (Å²) in [5.74, 6) is 1.06. The van der Waals surface area contributed by atoms with Gasteiger partial charge in [0.15, 0.2) is 0 Å². The first-order valence-corrected chi connectivity index (χ1v) is 11.7. The zero-order chi connectivity index (χ0) is 24.1. The van der Waals surface area contributed by atoms with Gasteiger partial charge in [-0.3, -0.25) is 14.8 Å². The maximum Gasteiger partial charge on any atom is 0.252 e. The highest BCUT2D eigenvalue weighted by Gasteiger charge is 2.17. The predicted octanol–water partition coefficient (Wildman–Crippen LogP) is 5.08. The van der Waals surface area contributed by atoms with Gasteiger partial charge >= 0.3 is 0 Å². The van der Waals surface area contributed by atoms with Crippen molar-refractivity contribution in [1.82, 2.24) is 25.3 Å². The maximum absolute atomic E-state index is 12.8. The predicted molar refractivity (Wildman–Crippen MR) is 147 cm³/mol. The van der Waals surface area contributed by atoms with Crippen LogP contribution in [-0.4, -0.2) is 44.3 Å². The van der Waals surface area contributed by atoms with Crippen molar-refractivity contribution in [3.63, 3.8) is 0 Å². The monoisotopic (exact) mass is 508 g/mol. The lowest BCUT2D eigenvalue weighted by atomic mass is 9.96. The molecule has 9 heteroatoms. The second-order valence-corrected chi connectivity index (χ2v) is 8.70. The Morgan fingerprint density at radius 3 is 2.63 bits per heavy atom. The lowest BCUT2D eigenvalue weighted by molar-refractivity contribution is 0.0945. The molecule has 1 aromatic carbocycles. The number of carbonyl (C=O) groups excluding carboxylic acids is 1. The number of pyridine rings is 2. The number of fused-ring (bicyclic) bond motifs is 1. The third-order valence-corrected chi connectivity index (χ3v) is 6.11. The van der Waals surface area contributed by atoms with E-state index in [4.69, 9.17) is 11.6 Å².